The highest BCUT2D eigenvalue weighted by molar-refractivity contribution is 5.70. The molecule has 0 saturated heterocycles. The molecule has 0 unspecified atom stereocenters. The van der Waals surface area contributed by atoms with E-state index in [2.05, 4.69) is 14.7 Å². The lowest BCUT2D eigenvalue weighted by Gasteiger charge is -2.07. The lowest BCUT2D eigenvalue weighted by atomic mass is 10.2. The number of hydrogen-bond acceptors (Lipinski definition) is 5. The number of aliphatic hydroxyl groups is 1. The number of benzene rings is 1. The van der Waals surface area contributed by atoms with Gasteiger partial charge < -0.3 is 14.9 Å². The van der Waals surface area contributed by atoms with Crippen molar-refractivity contribution in [2.45, 2.75) is 6.61 Å². The number of nitrogens with zero attached hydrogens (tertiary/aromatic N) is 2. The maximum Gasteiger partial charge on any atom is 0.511 e. The molecule has 1 heterocycles. The standard InChI is InChI=1S/C12H10N2O4/c15-7-8-5-6-13-11(14-8)9-3-1-2-4-10(9)18-12(16)17/h1-6,15H,7H2,(H,16,17). The van der Waals surface area contributed by atoms with Gasteiger partial charge in [0.15, 0.2) is 5.82 Å². The summed E-state index contributed by atoms with van der Waals surface area (Å²) in [4.78, 5) is 18.7. The van der Waals surface area contributed by atoms with Gasteiger partial charge in [-0.25, -0.2) is 14.8 Å². The molecule has 6 nitrogen and oxygen atoms in total. The van der Waals surface area contributed by atoms with Crippen LogP contribution >= 0.6 is 0 Å². The summed E-state index contributed by atoms with van der Waals surface area (Å²) in [5.74, 6) is 0.457. The van der Waals surface area contributed by atoms with Crippen molar-refractivity contribution in [1.82, 2.24) is 9.97 Å². The smallest absolute Gasteiger partial charge is 0.449 e. The minimum Gasteiger partial charge on any atom is -0.449 e. The first-order chi connectivity index (χ1) is 8.70. The molecule has 0 aliphatic heterocycles. The van der Waals surface area contributed by atoms with Crippen LogP contribution in [0.3, 0.4) is 0 Å². The van der Waals surface area contributed by atoms with E-state index in [9.17, 15) is 4.79 Å². The van der Waals surface area contributed by atoms with Crippen molar-refractivity contribution in [2.75, 3.05) is 0 Å². The number of aliphatic hydroxyl groups excluding tert-OH is 1. The second-order valence-electron chi connectivity index (χ2n) is 3.39. The predicted molar refractivity (Wildman–Crippen MR) is 62.0 cm³/mol. The molecule has 0 amide bonds. The maximum absolute atomic E-state index is 10.6. The third-order valence-corrected chi connectivity index (χ3v) is 2.20. The van der Waals surface area contributed by atoms with Gasteiger partial charge in [0.1, 0.15) is 5.75 Å². The Morgan fingerprint density at radius 3 is 2.78 bits per heavy atom. The van der Waals surface area contributed by atoms with Crippen molar-refractivity contribution < 1.29 is 19.7 Å². The Morgan fingerprint density at radius 2 is 2.06 bits per heavy atom. The Morgan fingerprint density at radius 1 is 1.28 bits per heavy atom. The van der Waals surface area contributed by atoms with Gasteiger partial charge in [0.05, 0.1) is 17.9 Å². The fourth-order valence-corrected chi connectivity index (χ4v) is 1.45. The summed E-state index contributed by atoms with van der Waals surface area (Å²) in [5, 5.41) is 17.6. The summed E-state index contributed by atoms with van der Waals surface area (Å²) in [7, 11) is 0. The zero-order valence-electron chi connectivity index (χ0n) is 9.28. The molecule has 1 aromatic carbocycles. The molecule has 0 atom stereocenters. The van der Waals surface area contributed by atoms with Gasteiger partial charge in [0.2, 0.25) is 0 Å². The second-order valence-corrected chi connectivity index (χ2v) is 3.39. The first-order valence-electron chi connectivity index (χ1n) is 5.13. The molecule has 2 aromatic rings. The number of aromatic nitrogens is 2. The van der Waals surface area contributed by atoms with Crippen LogP contribution < -0.4 is 4.74 Å². The number of carbonyl (C=O) groups is 1. The van der Waals surface area contributed by atoms with Crippen LogP contribution in [0.2, 0.25) is 0 Å². The molecule has 1 aromatic heterocycles. The summed E-state index contributed by atoms with van der Waals surface area (Å²) < 4.78 is 4.65. The Balaban J connectivity index is 2.45. The molecular formula is C12H10N2O4. The van der Waals surface area contributed by atoms with E-state index < -0.39 is 6.16 Å². The van der Waals surface area contributed by atoms with Crippen LogP contribution in [-0.4, -0.2) is 26.3 Å². The highest BCUT2D eigenvalue weighted by Gasteiger charge is 2.11. The Hall–Kier alpha value is -2.47. The van der Waals surface area contributed by atoms with Gasteiger partial charge in [-0.1, -0.05) is 12.1 Å². The van der Waals surface area contributed by atoms with Gasteiger partial charge >= 0.3 is 6.16 Å². The Labute approximate surface area is 103 Å². The van der Waals surface area contributed by atoms with E-state index in [1.54, 1.807) is 24.3 Å². The van der Waals surface area contributed by atoms with Gasteiger partial charge in [-0.3, -0.25) is 0 Å². The number of rotatable bonds is 3. The summed E-state index contributed by atoms with van der Waals surface area (Å²) in [5.41, 5.74) is 0.903. The molecular weight excluding hydrogens is 236 g/mol. The fourth-order valence-electron chi connectivity index (χ4n) is 1.45. The van der Waals surface area contributed by atoms with E-state index in [1.165, 1.54) is 12.3 Å². The third-order valence-electron chi connectivity index (χ3n) is 2.20. The molecule has 18 heavy (non-hydrogen) atoms. The average Bonchev–Trinajstić information content (AvgIpc) is 2.39. The van der Waals surface area contributed by atoms with Crippen LogP contribution in [0, 0.1) is 0 Å². The number of ether oxygens (including phenoxy) is 1. The topological polar surface area (TPSA) is 92.5 Å². The highest BCUT2D eigenvalue weighted by atomic mass is 16.7. The van der Waals surface area contributed by atoms with Crippen molar-refractivity contribution in [2.24, 2.45) is 0 Å². The second kappa shape index (κ2) is 5.24. The largest absolute Gasteiger partial charge is 0.511 e. The summed E-state index contributed by atoms with van der Waals surface area (Å²) in [6.07, 6.45) is 0.0894. The van der Waals surface area contributed by atoms with Crippen molar-refractivity contribution >= 4 is 6.16 Å². The van der Waals surface area contributed by atoms with E-state index >= 15 is 0 Å². The van der Waals surface area contributed by atoms with Crippen molar-refractivity contribution in [3.8, 4) is 17.1 Å². The number of para-hydroxylation sites is 1. The van der Waals surface area contributed by atoms with Crippen LogP contribution in [0.5, 0.6) is 5.75 Å². The van der Waals surface area contributed by atoms with E-state index in [4.69, 9.17) is 10.2 Å². The first kappa shape index (κ1) is 12.0. The van der Waals surface area contributed by atoms with Gasteiger partial charge in [-0.15, -0.1) is 0 Å². The van der Waals surface area contributed by atoms with Crippen molar-refractivity contribution in [3.63, 3.8) is 0 Å². The lowest BCUT2D eigenvalue weighted by Crippen LogP contribution is -2.05. The molecule has 0 aliphatic rings. The summed E-state index contributed by atoms with van der Waals surface area (Å²) in [6.45, 7) is -0.211. The minimum atomic E-state index is -1.40. The normalized spacial score (nSPS) is 10.1. The Kier molecular flexibility index (Phi) is 3.49. The molecule has 0 fully saturated rings. The molecule has 0 spiro atoms. The summed E-state index contributed by atoms with van der Waals surface area (Å²) in [6, 6.07) is 8.11. The van der Waals surface area contributed by atoms with E-state index in [-0.39, 0.29) is 12.4 Å². The van der Waals surface area contributed by atoms with Crippen LogP contribution in [0.4, 0.5) is 4.79 Å². The molecule has 2 N–H and O–H groups in total. The molecule has 0 aliphatic carbocycles. The predicted octanol–water partition coefficient (Wildman–Crippen LogP) is 1.69. The van der Waals surface area contributed by atoms with E-state index in [1.807, 2.05) is 0 Å². The van der Waals surface area contributed by atoms with Crippen LogP contribution in [-0.2, 0) is 6.61 Å². The number of hydrogen-bond donors (Lipinski definition) is 2. The van der Waals surface area contributed by atoms with Gasteiger partial charge in [0.25, 0.3) is 0 Å². The SMILES string of the molecule is O=C(O)Oc1ccccc1-c1nccc(CO)n1. The first-order valence-corrected chi connectivity index (χ1v) is 5.13. The molecule has 0 saturated carbocycles. The fraction of sp³-hybridized carbons (Fsp3) is 0.0833. The molecule has 92 valence electrons. The van der Waals surface area contributed by atoms with E-state index in [0.717, 1.165) is 0 Å². The zero-order valence-corrected chi connectivity index (χ0v) is 9.28. The van der Waals surface area contributed by atoms with Gasteiger partial charge in [-0.2, -0.15) is 0 Å². The quantitative estimate of drug-likeness (QED) is 0.632. The zero-order chi connectivity index (χ0) is 13.0. The highest BCUT2D eigenvalue weighted by Crippen LogP contribution is 2.27. The monoisotopic (exact) mass is 246 g/mol. The lowest BCUT2D eigenvalue weighted by molar-refractivity contribution is 0.144. The maximum atomic E-state index is 10.6. The average molecular weight is 246 g/mol. The molecule has 6 heteroatoms. The summed E-state index contributed by atoms with van der Waals surface area (Å²) >= 11 is 0. The van der Waals surface area contributed by atoms with Crippen molar-refractivity contribution in [1.29, 1.82) is 0 Å². The minimum absolute atomic E-state index is 0.153. The van der Waals surface area contributed by atoms with Crippen LogP contribution in [0.15, 0.2) is 36.5 Å². The Bertz CT molecular complexity index is 572. The van der Waals surface area contributed by atoms with Crippen LogP contribution in [0.25, 0.3) is 11.4 Å². The van der Waals surface area contributed by atoms with Gasteiger partial charge in [-0.05, 0) is 18.2 Å². The molecule has 0 radical (unpaired) electrons. The van der Waals surface area contributed by atoms with E-state index in [0.29, 0.717) is 17.1 Å². The van der Waals surface area contributed by atoms with Crippen molar-refractivity contribution in [3.05, 3.63) is 42.2 Å². The third kappa shape index (κ3) is 2.61. The molecule has 0 bridgehead atoms. The van der Waals surface area contributed by atoms with Crippen LogP contribution in [0.1, 0.15) is 5.69 Å². The molecule has 2 rings (SSSR count). The number of carboxylic acid groups (broad SMARTS) is 1. The van der Waals surface area contributed by atoms with Gasteiger partial charge in [0, 0.05) is 6.20 Å².